The summed E-state index contributed by atoms with van der Waals surface area (Å²) < 4.78 is 0. The largest absolute Gasteiger partial charge is 0.477 e. The predicted molar refractivity (Wildman–Crippen MR) is 70.2 cm³/mol. The summed E-state index contributed by atoms with van der Waals surface area (Å²) in [5, 5.41) is 15.5. The second kappa shape index (κ2) is 4.90. The number of H-pyrrole nitrogens is 1. The van der Waals surface area contributed by atoms with E-state index in [9.17, 15) is 9.59 Å². The Morgan fingerprint density at radius 3 is 3.00 bits per heavy atom. The number of aromatic nitrogens is 2. The summed E-state index contributed by atoms with van der Waals surface area (Å²) in [5.74, 6) is -0.819. The summed E-state index contributed by atoms with van der Waals surface area (Å²) in [4.78, 5) is 27.1. The molecule has 0 unspecified atom stereocenters. The van der Waals surface area contributed by atoms with Crippen LogP contribution in [0.2, 0.25) is 0 Å². The highest BCUT2D eigenvalue weighted by Crippen LogP contribution is 2.32. The minimum Gasteiger partial charge on any atom is -0.477 e. The Balaban J connectivity index is 1.82. The van der Waals surface area contributed by atoms with Gasteiger partial charge in [-0.05, 0) is 12.8 Å². The first-order chi connectivity index (χ1) is 9.56. The molecule has 1 aromatic heterocycles. The first-order valence-corrected chi connectivity index (χ1v) is 6.81. The average Bonchev–Trinajstić information content (AvgIpc) is 2.96. The first-order valence-electron chi connectivity index (χ1n) is 6.81. The smallest absolute Gasteiger partial charge is 0.354 e. The van der Waals surface area contributed by atoms with Crippen molar-refractivity contribution in [3.63, 3.8) is 0 Å². The molecule has 0 saturated carbocycles. The molecule has 2 atom stereocenters. The molecule has 3 heterocycles. The van der Waals surface area contributed by atoms with Crippen LogP contribution in [0.5, 0.6) is 0 Å². The number of hydrogen-bond donors (Lipinski definition) is 2. The molecular formula is C13H18N4O3. The Hall–Kier alpha value is -1.89. The number of carbonyl (C=O) groups is 2. The molecular weight excluding hydrogens is 260 g/mol. The van der Waals surface area contributed by atoms with Gasteiger partial charge in [-0.2, -0.15) is 5.10 Å². The van der Waals surface area contributed by atoms with Crippen molar-refractivity contribution in [2.75, 3.05) is 13.6 Å². The number of amides is 1. The molecule has 7 heteroatoms. The van der Waals surface area contributed by atoms with E-state index in [0.29, 0.717) is 24.6 Å². The van der Waals surface area contributed by atoms with Crippen LogP contribution in [0.3, 0.4) is 0 Å². The monoisotopic (exact) mass is 278 g/mol. The lowest BCUT2D eigenvalue weighted by molar-refractivity contribution is -0.130. The number of nitrogens with one attached hydrogen (secondary N) is 1. The van der Waals surface area contributed by atoms with Gasteiger partial charge in [0.15, 0.2) is 0 Å². The fourth-order valence-electron chi connectivity index (χ4n) is 3.28. The highest BCUT2D eigenvalue weighted by molar-refractivity contribution is 5.86. The maximum Gasteiger partial charge on any atom is 0.354 e. The van der Waals surface area contributed by atoms with Crippen molar-refractivity contribution in [3.8, 4) is 0 Å². The van der Waals surface area contributed by atoms with Gasteiger partial charge in [-0.25, -0.2) is 4.79 Å². The van der Waals surface area contributed by atoms with Gasteiger partial charge in [0.25, 0.3) is 0 Å². The number of likely N-dealkylation sites (tertiary alicyclic amines) is 1. The Labute approximate surface area is 116 Å². The van der Waals surface area contributed by atoms with Crippen LogP contribution >= 0.6 is 0 Å². The van der Waals surface area contributed by atoms with Crippen molar-refractivity contribution in [3.05, 3.63) is 17.5 Å². The Morgan fingerprint density at radius 1 is 1.50 bits per heavy atom. The zero-order valence-electron chi connectivity index (χ0n) is 11.4. The van der Waals surface area contributed by atoms with Gasteiger partial charge < -0.3 is 10.0 Å². The molecule has 2 fully saturated rings. The van der Waals surface area contributed by atoms with E-state index in [-0.39, 0.29) is 17.6 Å². The number of carboxylic acids is 1. The quantitative estimate of drug-likeness (QED) is 0.830. The van der Waals surface area contributed by atoms with Gasteiger partial charge in [-0.1, -0.05) is 0 Å². The highest BCUT2D eigenvalue weighted by Gasteiger charge is 2.39. The molecule has 1 amide bonds. The molecule has 0 spiro atoms. The van der Waals surface area contributed by atoms with Crippen LogP contribution in [-0.4, -0.2) is 62.7 Å². The maximum absolute atomic E-state index is 11.9. The molecule has 1 aromatic rings. The maximum atomic E-state index is 11.9. The molecule has 7 nitrogen and oxygen atoms in total. The van der Waals surface area contributed by atoms with Gasteiger partial charge in [0.05, 0.1) is 6.20 Å². The van der Waals surface area contributed by atoms with Crippen molar-refractivity contribution in [2.45, 2.75) is 37.9 Å². The third-order valence-electron chi connectivity index (χ3n) is 4.38. The number of aromatic amines is 1. The fourth-order valence-corrected chi connectivity index (χ4v) is 3.28. The van der Waals surface area contributed by atoms with Crippen LogP contribution < -0.4 is 0 Å². The standard InChI is InChI=1S/C13H18N4O3/c1-16-7-10-3-2-9(4-11(16)18)17(10)6-8-5-14-15-12(8)13(19)20/h5,9-10H,2-4,6-7H2,1H3,(H,14,15)(H,19,20)/t9-,10+/m1/s1. The number of rotatable bonds is 3. The summed E-state index contributed by atoms with van der Waals surface area (Å²) in [7, 11) is 1.84. The van der Waals surface area contributed by atoms with Gasteiger partial charge in [-0.15, -0.1) is 0 Å². The molecule has 0 aliphatic carbocycles. The lowest BCUT2D eigenvalue weighted by atomic mass is 10.1. The van der Waals surface area contributed by atoms with E-state index in [0.717, 1.165) is 19.4 Å². The summed E-state index contributed by atoms with van der Waals surface area (Å²) >= 11 is 0. The third-order valence-corrected chi connectivity index (χ3v) is 4.38. The van der Waals surface area contributed by atoms with Gasteiger partial charge in [0.2, 0.25) is 5.91 Å². The summed E-state index contributed by atoms with van der Waals surface area (Å²) in [6, 6.07) is 0.530. The SMILES string of the molecule is CN1C[C@@H]2CC[C@H](CC1=O)N2Cc1cn[nH]c1C(=O)O. The normalized spacial score (nSPS) is 26.9. The topological polar surface area (TPSA) is 89.5 Å². The van der Waals surface area contributed by atoms with Crippen molar-refractivity contribution in [1.82, 2.24) is 20.0 Å². The van der Waals surface area contributed by atoms with Crippen LogP contribution in [0.4, 0.5) is 0 Å². The van der Waals surface area contributed by atoms with Gasteiger partial charge in [-0.3, -0.25) is 14.8 Å². The van der Waals surface area contributed by atoms with Crippen molar-refractivity contribution < 1.29 is 14.7 Å². The number of fused-ring (bicyclic) bond motifs is 2. The first kappa shape index (κ1) is 13.1. The number of carbonyl (C=O) groups excluding carboxylic acids is 1. The predicted octanol–water partition coefficient (Wildman–Crippen LogP) is 0.303. The molecule has 3 rings (SSSR count). The number of likely N-dealkylation sites (N-methyl/N-ethyl adjacent to an activating group) is 1. The molecule has 2 saturated heterocycles. The lowest BCUT2D eigenvalue weighted by Crippen LogP contribution is -2.38. The van der Waals surface area contributed by atoms with E-state index in [4.69, 9.17) is 5.11 Å². The van der Waals surface area contributed by atoms with E-state index in [1.807, 2.05) is 7.05 Å². The summed E-state index contributed by atoms with van der Waals surface area (Å²) in [6.07, 6.45) is 4.15. The second-order valence-corrected chi connectivity index (χ2v) is 5.61. The lowest BCUT2D eigenvalue weighted by Gasteiger charge is -2.27. The van der Waals surface area contributed by atoms with Crippen molar-refractivity contribution in [1.29, 1.82) is 0 Å². The van der Waals surface area contributed by atoms with Crippen LogP contribution in [0.1, 0.15) is 35.3 Å². The molecule has 2 aliphatic rings. The minimum atomic E-state index is -0.993. The van der Waals surface area contributed by atoms with E-state index >= 15 is 0 Å². The highest BCUT2D eigenvalue weighted by atomic mass is 16.4. The fraction of sp³-hybridized carbons (Fsp3) is 0.615. The van der Waals surface area contributed by atoms with Crippen molar-refractivity contribution in [2.24, 2.45) is 0 Å². The number of nitrogens with zero attached hydrogens (tertiary/aromatic N) is 3. The molecule has 20 heavy (non-hydrogen) atoms. The average molecular weight is 278 g/mol. The van der Waals surface area contributed by atoms with Gasteiger partial charge in [0.1, 0.15) is 5.69 Å². The van der Waals surface area contributed by atoms with Crippen LogP contribution in [0, 0.1) is 0 Å². The van der Waals surface area contributed by atoms with Crippen LogP contribution in [0.15, 0.2) is 6.20 Å². The second-order valence-electron chi connectivity index (χ2n) is 5.61. The molecule has 2 N–H and O–H groups in total. The van der Waals surface area contributed by atoms with Crippen molar-refractivity contribution >= 4 is 11.9 Å². The zero-order valence-corrected chi connectivity index (χ0v) is 11.4. The van der Waals surface area contributed by atoms with Crippen LogP contribution in [0.25, 0.3) is 0 Å². The van der Waals surface area contributed by atoms with E-state index in [1.54, 1.807) is 11.1 Å². The molecule has 108 valence electrons. The number of aromatic carboxylic acids is 1. The van der Waals surface area contributed by atoms with Gasteiger partial charge >= 0.3 is 5.97 Å². The Kier molecular flexibility index (Phi) is 3.21. The molecule has 2 bridgehead atoms. The van der Waals surface area contributed by atoms with Gasteiger partial charge in [0, 0.05) is 44.2 Å². The molecule has 2 aliphatic heterocycles. The number of hydrogen-bond acceptors (Lipinski definition) is 4. The summed E-state index contributed by atoms with van der Waals surface area (Å²) in [5.41, 5.74) is 0.833. The Bertz CT molecular complexity index is 541. The Morgan fingerprint density at radius 2 is 2.25 bits per heavy atom. The van der Waals surface area contributed by atoms with Crippen LogP contribution in [-0.2, 0) is 11.3 Å². The third kappa shape index (κ3) is 2.18. The number of carboxylic acid groups (broad SMARTS) is 1. The van der Waals surface area contributed by atoms with E-state index in [1.165, 1.54) is 0 Å². The summed E-state index contributed by atoms with van der Waals surface area (Å²) in [6.45, 7) is 1.25. The molecule has 0 aromatic carbocycles. The van der Waals surface area contributed by atoms with E-state index in [2.05, 4.69) is 15.1 Å². The zero-order chi connectivity index (χ0) is 14.3. The van der Waals surface area contributed by atoms with E-state index < -0.39 is 5.97 Å². The molecule has 0 radical (unpaired) electrons. The minimum absolute atomic E-state index is 0.147.